The van der Waals surface area contributed by atoms with Crippen LogP contribution in [0.25, 0.3) is 28.9 Å². The minimum absolute atomic E-state index is 0.0758. The molecule has 42 heavy (non-hydrogen) atoms. The number of hydrogen-bond donors (Lipinski definition) is 2. The van der Waals surface area contributed by atoms with Gasteiger partial charge in [-0.3, -0.25) is 9.59 Å². The first-order chi connectivity index (χ1) is 20.3. The molecule has 5 rings (SSSR count). The number of alkyl halides is 3. The van der Waals surface area contributed by atoms with Crippen LogP contribution in [0.5, 0.6) is 0 Å². The van der Waals surface area contributed by atoms with Crippen molar-refractivity contribution in [3.8, 4) is 22.8 Å². The van der Waals surface area contributed by atoms with Crippen molar-refractivity contribution in [2.45, 2.75) is 12.7 Å². The summed E-state index contributed by atoms with van der Waals surface area (Å²) in [5.41, 5.74) is 1.52. The molecule has 2 amide bonds. The van der Waals surface area contributed by atoms with E-state index in [1.165, 1.54) is 24.3 Å². The standard InChI is InChI=1S/C33H24F3N3O3/c34-33(35,36)27-14-8-7-13-25(27)21-37-31(41)29-30(42-32(39-29)24-11-5-2-6-12-24)23-16-18-26(19-17-23)38-28(40)20-15-22-9-3-1-4-10-22/h1-20H,21H2,(H,37,41)(H,38,40)/b20-15+. The highest BCUT2D eigenvalue weighted by Crippen LogP contribution is 2.33. The lowest BCUT2D eigenvalue weighted by atomic mass is 10.1. The third kappa shape index (κ3) is 6.82. The minimum atomic E-state index is -4.56. The fraction of sp³-hybridized carbons (Fsp3) is 0.0606. The van der Waals surface area contributed by atoms with Crippen LogP contribution in [0.15, 0.2) is 120 Å². The fourth-order valence-corrected chi connectivity index (χ4v) is 4.21. The summed E-state index contributed by atoms with van der Waals surface area (Å²) < 4.78 is 46.3. The molecule has 0 saturated heterocycles. The average Bonchev–Trinajstić information content (AvgIpc) is 3.46. The first kappa shape index (κ1) is 28.1. The summed E-state index contributed by atoms with van der Waals surface area (Å²) in [5.74, 6) is -0.708. The van der Waals surface area contributed by atoms with Gasteiger partial charge in [-0.2, -0.15) is 13.2 Å². The van der Waals surface area contributed by atoms with Gasteiger partial charge in [-0.05, 0) is 59.7 Å². The Labute approximate surface area is 239 Å². The van der Waals surface area contributed by atoms with Crippen molar-refractivity contribution in [2.24, 2.45) is 0 Å². The number of aromatic nitrogens is 1. The van der Waals surface area contributed by atoms with Crippen molar-refractivity contribution < 1.29 is 27.2 Å². The molecule has 0 unspecified atom stereocenters. The Bertz CT molecular complexity index is 1710. The molecule has 0 aliphatic carbocycles. The Morgan fingerprint density at radius 3 is 2.12 bits per heavy atom. The number of anilines is 1. The predicted octanol–water partition coefficient (Wildman–Crippen LogP) is 7.61. The maximum atomic E-state index is 13.4. The zero-order chi connectivity index (χ0) is 29.5. The number of carbonyl (C=O) groups is 2. The molecule has 210 valence electrons. The summed E-state index contributed by atoms with van der Waals surface area (Å²) in [6.45, 7) is -0.358. The summed E-state index contributed by atoms with van der Waals surface area (Å²) in [6, 6.07) is 30.0. The highest BCUT2D eigenvalue weighted by molar-refractivity contribution is 6.02. The topological polar surface area (TPSA) is 84.2 Å². The van der Waals surface area contributed by atoms with Crippen molar-refractivity contribution in [1.29, 1.82) is 0 Å². The molecule has 0 saturated carbocycles. The average molecular weight is 568 g/mol. The van der Waals surface area contributed by atoms with Crippen LogP contribution >= 0.6 is 0 Å². The van der Waals surface area contributed by atoms with E-state index < -0.39 is 17.6 Å². The van der Waals surface area contributed by atoms with E-state index in [1.54, 1.807) is 54.6 Å². The van der Waals surface area contributed by atoms with Crippen LogP contribution in [-0.4, -0.2) is 16.8 Å². The van der Waals surface area contributed by atoms with Gasteiger partial charge in [0.15, 0.2) is 11.5 Å². The van der Waals surface area contributed by atoms with E-state index in [-0.39, 0.29) is 35.4 Å². The van der Waals surface area contributed by atoms with Crippen LogP contribution in [-0.2, 0) is 17.5 Å². The molecule has 4 aromatic carbocycles. The molecule has 1 aromatic heterocycles. The highest BCUT2D eigenvalue weighted by atomic mass is 19.4. The smallest absolute Gasteiger partial charge is 0.416 e. The van der Waals surface area contributed by atoms with E-state index >= 15 is 0 Å². The van der Waals surface area contributed by atoms with Gasteiger partial charge in [0, 0.05) is 29.4 Å². The second-order valence-corrected chi connectivity index (χ2v) is 9.21. The van der Waals surface area contributed by atoms with Gasteiger partial charge in [-0.1, -0.05) is 66.7 Å². The van der Waals surface area contributed by atoms with E-state index in [0.29, 0.717) is 16.8 Å². The Balaban J connectivity index is 1.38. The first-order valence-corrected chi connectivity index (χ1v) is 12.9. The van der Waals surface area contributed by atoms with Gasteiger partial charge in [-0.15, -0.1) is 0 Å². The van der Waals surface area contributed by atoms with Gasteiger partial charge in [0.05, 0.1) is 5.56 Å². The largest absolute Gasteiger partial charge is 0.435 e. The quantitative estimate of drug-likeness (QED) is 0.189. The van der Waals surface area contributed by atoms with Crippen molar-refractivity contribution in [1.82, 2.24) is 10.3 Å². The summed E-state index contributed by atoms with van der Waals surface area (Å²) in [4.78, 5) is 30.0. The van der Waals surface area contributed by atoms with Crippen LogP contribution in [0, 0.1) is 0 Å². The monoisotopic (exact) mass is 567 g/mol. The van der Waals surface area contributed by atoms with Gasteiger partial charge in [-0.25, -0.2) is 4.98 Å². The van der Waals surface area contributed by atoms with Crippen LogP contribution in [0.1, 0.15) is 27.2 Å². The Morgan fingerprint density at radius 1 is 0.786 bits per heavy atom. The van der Waals surface area contributed by atoms with Crippen LogP contribution < -0.4 is 10.6 Å². The van der Waals surface area contributed by atoms with E-state index in [2.05, 4.69) is 15.6 Å². The number of rotatable bonds is 8. The summed E-state index contributed by atoms with van der Waals surface area (Å²) >= 11 is 0. The lowest BCUT2D eigenvalue weighted by molar-refractivity contribution is -0.138. The molecule has 1 heterocycles. The highest BCUT2D eigenvalue weighted by Gasteiger charge is 2.33. The number of benzene rings is 4. The molecule has 0 spiro atoms. The number of nitrogens with one attached hydrogen (secondary N) is 2. The minimum Gasteiger partial charge on any atom is -0.435 e. The molecular formula is C33H24F3N3O3. The number of halogens is 3. The zero-order valence-electron chi connectivity index (χ0n) is 22.1. The summed E-state index contributed by atoms with van der Waals surface area (Å²) in [7, 11) is 0. The molecule has 0 aliphatic rings. The van der Waals surface area contributed by atoms with Crippen molar-refractivity contribution in [2.75, 3.05) is 5.32 Å². The van der Waals surface area contributed by atoms with Gasteiger partial charge in [0.1, 0.15) is 0 Å². The van der Waals surface area contributed by atoms with Crippen molar-refractivity contribution in [3.63, 3.8) is 0 Å². The van der Waals surface area contributed by atoms with Crippen LogP contribution in [0.3, 0.4) is 0 Å². The van der Waals surface area contributed by atoms with Gasteiger partial charge >= 0.3 is 6.18 Å². The van der Waals surface area contributed by atoms with Crippen LogP contribution in [0.2, 0.25) is 0 Å². The third-order valence-corrected chi connectivity index (χ3v) is 6.27. The molecule has 9 heteroatoms. The molecule has 0 aliphatic heterocycles. The van der Waals surface area contributed by atoms with E-state index in [4.69, 9.17) is 4.42 Å². The lowest BCUT2D eigenvalue weighted by Gasteiger charge is -2.13. The predicted molar refractivity (Wildman–Crippen MR) is 154 cm³/mol. The van der Waals surface area contributed by atoms with Crippen molar-refractivity contribution in [3.05, 3.63) is 138 Å². The zero-order valence-corrected chi connectivity index (χ0v) is 22.1. The molecule has 0 radical (unpaired) electrons. The molecule has 0 bridgehead atoms. The van der Waals surface area contributed by atoms with E-state index in [1.807, 2.05) is 36.4 Å². The lowest BCUT2D eigenvalue weighted by Crippen LogP contribution is -2.25. The van der Waals surface area contributed by atoms with E-state index in [9.17, 15) is 22.8 Å². The van der Waals surface area contributed by atoms with E-state index in [0.717, 1.165) is 11.6 Å². The SMILES string of the molecule is O=C(/C=C/c1ccccc1)Nc1ccc(-c2oc(-c3ccccc3)nc2C(=O)NCc2ccccc2C(F)(F)F)cc1. The molecule has 0 fully saturated rings. The second kappa shape index (κ2) is 12.4. The number of amides is 2. The maximum Gasteiger partial charge on any atom is 0.416 e. The number of carbonyl (C=O) groups excluding carboxylic acids is 2. The number of hydrogen-bond acceptors (Lipinski definition) is 4. The van der Waals surface area contributed by atoms with Gasteiger partial charge in [0.25, 0.3) is 5.91 Å². The molecule has 2 N–H and O–H groups in total. The Morgan fingerprint density at radius 2 is 1.43 bits per heavy atom. The second-order valence-electron chi connectivity index (χ2n) is 9.21. The normalized spacial score (nSPS) is 11.4. The fourth-order valence-electron chi connectivity index (χ4n) is 4.21. The molecule has 0 atom stereocenters. The Hall–Kier alpha value is -5.44. The first-order valence-electron chi connectivity index (χ1n) is 12.9. The Kier molecular flexibility index (Phi) is 8.29. The summed E-state index contributed by atoms with van der Waals surface area (Å²) in [6.07, 6.45) is -1.44. The van der Waals surface area contributed by atoms with Crippen LogP contribution in [0.4, 0.5) is 18.9 Å². The van der Waals surface area contributed by atoms with Gasteiger partial charge in [0.2, 0.25) is 11.8 Å². The molecular weight excluding hydrogens is 543 g/mol. The number of nitrogens with zero attached hydrogens (tertiary/aromatic N) is 1. The van der Waals surface area contributed by atoms with Gasteiger partial charge < -0.3 is 15.1 Å². The summed E-state index contributed by atoms with van der Waals surface area (Å²) in [5, 5.41) is 5.31. The molecule has 6 nitrogen and oxygen atoms in total. The maximum absolute atomic E-state index is 13.4. The van der Waals surface area contributed by atoms with Crippen molar-refractivity contribution >= 4 is 23.6 Å². The third-order valence-electron chi connectivity index (χ3n) is 6.27. The number of oxazole rings is 1. The molecule has 5 aromatic rings.